The number of carbonyl (C=O) groups excluding carboxylic acids is 3. The lowest BCUT2D eigenvalue weighted by Crippen LogP contribution is -2.13. The van der Waals surface area contributed by atoms with Gasteiger partial charge in [-0.25, -0.2) is 4.79 Å². The molecule has 152 valence electrons. The molecule has 0 aliphatic rings. The standard InChI is InChI=1S/C23H24ClNO4/c1-2-3-4-8-22(27)25-20-12-10-18(11-13-20)21(26)16-29-23(28)14-9-17-6-5-7-19(24)15-17/h5-7,9-15H,2-4,8,16H2,1H3,(H,25,27)/b14-9+. The van der Waals surface area contributed by atoms with Gasteiger partial charge in [0, 0.05) is 28.8 Å². The largest absolute Gasteiger partial charge is 0.454 e. The number of ether oxygens (including phenoxy) is 1. The molecule has 0 aliphatic heterocycles. The molecule has 2 rings (SSSR count). The SMILES string of the molecule is CCCCCC(=O)Nc1ccc(C(=O)COC(=O)/C=C/c2cccc(Cl)c2)cc1. The third-order valence-corrected chi connectivity index (χ3v) is 4.34. The second kappa shape index (κ2) is 11.8. The Morgan fingerprint density at radius 1 is 1.07 bits per heavy atom. The van der Waals surface area contributed by atoms with E-state index in [1.807, 2.05) is 0 Å². The zero-order chi connectivity index (χ0) is 21.1. The van der Waals surface area contributed by atoms with Gasteiger partial charge in [0.2, 0.25) is 5.91 Å². The van der Waals surface area contributed by atoms with Crippen LogP contribution in [0.1, 0.15) is 48.5 Å². The predicted octanol–water partition coefficient (Wildman–Crippen LogP) is 5.30. The molecule has 5 nitrogen and oxygen atoms in total. The van der Waals surface area contributed by atoms with Gasteiger partial charge in [-0.05, 0) is 54.5 Å². The molecule has 0 radical (unpaired) electrons. The van der Waals surface area contributed by atoms with Crippen LogP contribution in [0.3, 0.4) is 0 Å². The summed E-state index contributed by atoms with van der Waals surface area (Å²) in [6.45, 7) is 1.72. The van der Waals surface area contributed by atoms with E-state index in [2.05, 4.69) is 12.2 Å². The highest BCUT2D eigenvalue weighted by atomic mass is 35.5. The van der Waals surface area contributed by atoms with Crippen LogP contribution < -0.4 is 5.32 Å². The van der Waals surface area contributed by atoms with Gasteiger partial charge in [0.15, 0.2) is 12.4 Å². The molecule has 0 unspecified atom stereocenters. The fourth-order valence-electron chi connectivity index (χ4n) is 2.54. The van der Waals surface area contributed by atoms with Crippen LogP contribution in [0.5, 0.6) is 0 Å². The van der Waals surface area contributed by atoms with Gasteiger partial charge in [-0.15, -0.1) is 0 Å². The van der Waals surface area contributed by atoms with E-state index in [0.29, 0.717) is 22.7 Å². The molecule has 0 atom stereocenters. The second-order valence-electron chi connectivity index (χ2n) is 6.50. The fourth-order valence-corrected chi connectivity index (χ4v) is 2.74. The summed E-state index contributed by atoms with van der Waals surface area (Å²) in [6.07, 6.45) is 6.23. The number of benzene rings is 2. The molecule has 0 aliphatic carbocycles. The van der Waals surface area contributed by atoms with Gasteiger partial charge in [-0.1, -0.05) is 43.5 Å². The van der Waals surface area contributed by atoms with E-state index in [1.165, 1.54) is 6.08 Å². The van der Waals surface area contributed by atoms with Crippen molar-refractivity contribution in [2.75, 3.05) is 11.9 Å². The maximum atomic E-state index is 12.2. The van der Waals surface area contributed by atoms with Crippen LogP contribution in [0.25, 0.3) is 6.08 Å². The summed E-state index contributed by atoms with van der Waals surface area (Å²) < 4.78 is 4.98. The van der Waals surface area contributed by atoms with Gasteiger partial charge in [-0.2, -0.15) is 0 Å². The van der Waals surface area contributed by atoms with Gasteiger partial charge < -0.3 is 10.1 Å². The molecule has 29 heavy (non-hydrogen) atoms. The Balaban J connectivity index is 1.80. The zero-order valence-electron chi connectivity index (χ0n) is 16.3. The topological polar surface area (TPSA) is 72.5 Å². The number of hydrogen-bond acceptors (Lipinski definition) is 4. The predicted molar refractivity (Wildman–Crippen MR) is 115 cm³/mol. The van der Waals surface area contributed by atoms with E-state index in [4.69, 9.17) is 16.3 Å². The summed E-state index contributed by atoms with van der Waals surface area (Å²) in [5.74, 6) is -0.984. The van der Waals surface area contributed by atoms with Crippen molar-refractivity contribution >= 4 is 41.0 Å². The van der Waals surface area contributed by atoms with Crippen molar-refractivity contribution in [3.8, 4) is 0 Å². The van der Waals surface area contributed by atoms with Crippen LogP contribution in [0.2, 0.25) is 5.02 Å². The minimum Gasteiger partial charge on any atom is -0.454 e. The first kappa shape index (κ1) is 22.4. The van der Waals surface area contributed by atoms with Crippen LogP contribution in [-0.4, -0.2) is 24.3 Å². The summed E-state index contributed by atoms with van der Waals surface area (Å²) in [5, 5.41) is 3.37. The van der Waals surface area contributed by atoms with Crippen LogP contribution in [0.15, 0.2) is 54.6 Å². The van der Waals surface area contributed by atoms with Gasteiger partial charge in [-0.3, -0.25) is 9.59 Å². The molecule has 0 aromatic heterocycles. The van der Waals surface area contributed by atoms with E-state index in [0.717, 1.165) is 24.8 Å². The molecule has 0 saturated heterocycles. The molecule has 2 aromatic rings. The Kier molecular flexibility index (Phi) is 9.12. The summed E-state index contributed by atoms with van der Waals surface area (Å²) in [7, 11) is 0. The first-order chi connectivity index (χ1) is 14.0. The van der Waals surface area contributed by atoms with E-state index in [1.54, 1.807) is 54.6 Å². The number of nitrogens with one attached hydrogen (secondary N) is 1. The molecule has 0 saturated carbocycles. The molecule has 0 heterocycles. The number of ketones is 1. The third-order valence-electron chi connectivity index (χ3n) is 4.10. The minimum absolute atomic E-state index is 0.0436. The second-order valence-corrected chi connectivity index (χ2v) is 6.94. The van der Waals surface area contributed by atoms with Gasteiger partial charge >= 0.3 is 5.97 Å². The molecule has 1 N–H and O–H groups in total. The van der Waals surface area contributed by atoms with E-state index in [-0.39, 0.29) is 18.3 Å². The maximum absolute atomic E-state index is 12.2. The summed E-state index contributed by atoms with van der Waals surface area (Å²) >= 11 is 5.88. The van der Waals surface area contributed by atoms with Gasteiger partial charge in [0.1, 0.15) is 0 Å². The summed E-state index contributed by atoms with van der Waals surface area (Å²) in [4.78, 5) is 35.8. The van der Waals surface area contributed by atoms with Crippen molar-refractivity contribution in [3.63, 3.8) is 0 Å². The Morgan fingerprint density at radius 2 is 1.83 bits per heavy atom. The lowest BCUT2D eigenvalue weighted by molar-refractivity contribution is -0.136. The molecule has 0 fully saturated rings. The lowest BCUT2D eigenvalue weighted by Gasteiger charge is -2.06. The van der Waals surface area contributed by atoms with Crippen molar-refractivity contribution in [2.24, 2.45) is 0 Å². The van der Waals surface area contributed by atoms with E-state index in [9.17, 15) is 14.4 Å². The van der Waals surface area contributed by atoms with E-state index < -0.39 is 5.97 Å². The minimum atomic E-state index is -0.616. The Labute approximate surface area is 175 Å². The third kappa shape index (κ3) is 8.32. The molecule has 6 heteroatoms. The Hall–Kier alpha value is -2.92. The van der Waals surface area contributed by atoms with Crippen LogP contribution in [0, 0.1) is 0 Å². The molecule has 0 spiro atoms. The number of hydrogen-bond donors (Lipinski definition) is 1. The quantitative estimate of drug-likeness (QED) is 0.248. The average molecular weight is 414 g/mol. The van der Waals surface area contributed by atoms with Crippen molar-refractivity contribution in [1.82, 2.24) is 0 Å². The Morgan fingerprint density at radius 3 is 2.52 bits per heavy atom. The monoisotopic (exact) mass is 413 g/mol. The van der Waals surface area contributed by atoms with Gasteiger partial charge in [0.05, 0.1) is 0 Å². The van der Waals surface area contributed by atoms with Crippen molar-refractivity contribution in [3.05, 3.63) is 70.8 Å². The molecular weight excluding hydrogens is 390 g/mol. The average Bonchev–Trinajstić information content (AvgIpc) is 2.71. The number of unbranched alkanes of at least 4 members (excludes halogenated alkanes) is 2. The summed E-state index contributed by atoms with van der Waals surface area (Å²) in [5.41, 5.74) is 1.79. The highest BCUT2D eigenvalue weighted by Crippen LogP contribution is 2.13. The first-order valence-corrected chi connectivity index (χ1v) is 9.89. The highest BCUT2D eigenvalue weighted by Gasteiger charge is 2.09. The molecule has 0 bridgehead atoms. The summed E-state index contributed by atoms with van der Waals surface area (Å²) in [6, 6.07) is 13.5. The normalized spacial score (nSPS) is 10.7. The zero-order valence-corrected chi connectivity index (χ0v) is 17.1. The number of Topliss-reactive ketones (excluding diaryl/α,β-unsaturated/α-hetero) is 1. The van der Waals surface area contributed by atoms with Crippen LogP contribution >= 0.6 is 11.6 Å². The first-order valence-electron chi connectivity index (χ1n) is 9.51. The number of anilines is 1. The van der Waals surface area contributed by atoms with Crippen molar-refractivity contribution in [1.29, 1.82) is 0 Å². The lowest BCUT2D eigenvalue weighted by atomic mass is 10.1. The highest BCUT2D eigenvalue weighted by molar-refractivity contribution is 6.30. The number of esters is 1. The van der Waals surface area contributed by atoms with Crippen molar-refractivity contribution < 1.29 is 19.1 Å². The Bertz CT molecular complexity index is 875. The van der Waals surface area contributed by atoms with E-state index >= 15 is 0 Å². The smallest absolute Gasteiger partial charge is 0.331 e. The number of halogens is 1. The number of rotatable bonds is 10. The van der Waals surface area contributed by atoms with Crippen LogP contribution in [-0.2, 0) is 14.3 Å². The van der Waals surface area contributed by atoms with Crippen molar-refractivity contribution in [2.45, 2.75) is 32.6 Å². The molecule has 2 aromatic carbocycles. The number of carbonyl (C=O) groups is 3. The molecule has 1 amide bonds. The fraction of sp³-hybridized carbons (Fsp3) is 0.261. The number of amides is 1. The van der Waals surface area contributed by atoms with Crippen LogP contribution in [0.4, 0.5) is 5.69 Å². The van der Waals surface area contributed by atoms with Gasteiger partial charge in [0.25, 0.3) is 0 Å². The maximum Gasteiger partial charge on any atom is 0.331 e. The molecular formula is C23H24ClNO4.